The van der Waals surface area contributed by atoms with Crippen molar-refractivity contribution in [1.82, 2.24) is 10.2 Å². The predicted octanol–water partition coefficient (Wildman–Crippen LogP) is -0.306. The maximum absolute atomic E-state index is 5.79. The Kier molecular flexibility index (Phi) is 3.38. The van der Waals surface area contributed by atoms with Crippen LogP contribution < -0.4 is 5.32 Å². The molecule has 2 atom stereocenters. The highest BCUT2D eigenvalue weighted by Crippen LogP contribution is 2.15. The Morgan fingerprint density at radius 1 is 1.43 bits per heavy atom. The zero-order valence-corrected chi connectivity index (χ0v) is 9.03. The molecule has 2 aliphatic rings. The van der Waals surface area contributed by atoms with Crippen molar-refractivity contribution in [3.63, 3.8) is 0 Å². The van der Waals surface area contributed by atoms with Gasteiger partial charge in [0.25, 0.3) is 0 Å². The number of nitrogens with one attached hydrogen (secondary N) is 1. The molecule has 2 rings (SSSR count). The molecule has 4 heteroatoms. The molecule has 0 spiro atoms. The molecule has 2 fully saturated rings. The fourth-order valence-corrected chi connectivity index (χ4v) is 2.19. The molecular weight excluding hydrogens is 180 g/mol. The molecule has 2 saturated heterocycles. The molecule has 2 aliphatic heterocycles. The van der Waals surface area contributed by atoms with Crippen molar-refractivity contribution in [2.24, 2.45) is 0 Å². The second kappa shape index (κ2) is 4.57. The largest absolute Gasteiger partial charge is 0.382 e. The van der Waals surface area contributed by atoms with E-state index in [1.807, 2.05) is 0 Å². The van der Waals surface area contributed by atoms with Gasteiger partial charge in [-0.3, -0.25) is 4.90 Å². The fraction of sp³-hybridized carbons (Fsp3) is 1.00. The molecule has 82 valence electrons. The van der Waals surface area contributed by atoms with E-state index in [0.29, 0.717) is 12.7 Å². The van der Waals surface area contributed by atoms with E-state index >= 15 is 0 Å². The van der Waals surface area contributed by atoms with Gasteiger partial charge in [0.2, 0.25) is 0 Å². The summed E-state index contributed by atoms with van der Waals surface area (Å²) in [6.07, 6.45) is 0.592. The van der Waals surface area contributed by atoms with E-state index in [4.69, 9.17) is 9.47 Å². The topological polar surface area (TPSA) is 33.7 Å². The van der Waals surface area contributed by atoms with Gasteiger partial charge in [0.15, 0.2) is 0 Å². The van der Waals surface area contributed by atoms with Gasteiger partial charge in [-0.2, -0.15) is 0 Å². The van der Waals surface area contributed by atoms with E-state index in [1.165, 1.54) is 0 Å². The van der Waals surface area contributed by atoms with E-state index in [-0.39, 0.29) is 6.10 Å². The Hall–Kier alpha value is -0.160. The molecule has 14 heavy (non-hydrogen) atoms. The highest BCUT2D eigenvalue weighted by Gasteiger charge is 2.32. The summed E-state index contributed by atoms with van der Waals surface area (Å²) in [7, 11) is 1.73. The van der Waals surface area contributed by atoms with Crippen LogP contribution in [0, 0.1) is 0 Å². The van der Waals surface area contributed by atoms with Crippen molar-refractivity contribution in [3.05, 3.63) is 0 Å². The quantitative estimate of drug-likeness (QED) is 0.678. The number of morpholine rings is 1. The predicted molar refractivity (Wildman–Crippen MR) is 54.4 cm³/mol. The average Bonchev–Trinajstić information content (AvgIpc) is 1.99. The summed E-state index contributed by atoms with van der Waals surface area (Å²) in [4.78, 5) is 2.52. The SMILES string of the molecule is COCC1CN(C2CNC2)CC(C)O1. The van der Waals surface area contributed by atoms with Gasteiger partial charge in [-0.05, 0) is 6.92 Å². The lowest BCUT2D eigenvalue weighted by atomic mass is 10.1. The third-order valence-corrected chi connectivity index (χ3v) is 2.98. The summed E-state index contributed by atoms with van der Waals surface area (Å²) < 4.78 is 10.9. The van der Waals surface area contributed by atoms with Crippen LogP contribution in [0.15, 0.2) is 0 Å². The van der Waals surface area contributed by atoms with Gasteiger partial charge >= 0.3 is 0 Å². The van der Waals surface area contributed by atoms with Crippen LogP contribution in [0.1, 0.15) is 6.92 Å². The van der Waals surface area contributed by atoms with Crippen molar-refractivity contribution >= 4 is 0 Å². The van der Waals surface area contributed by atoms with Crippen molar-refractivity contribution < 1.29 is 9.47 Å². The summed E-state index contributed by atoms with van der Waals surface area (Å²) in [5.41, 5.74) is 0. The van der Waals surface area contributed by atoms with E-state index < -0.39 is 0 Å². The molecule has 0 aromatic heterocycles. The van der Waals surface area contributed by atoms with Gasteiger partial charge in [-0.25, -0.2) is 0 Å². The van der Waals surface area contributed by atoms with Crippen molar-refractivity contribution in [2.45, 2.75) is 25.2 Å². The highest BCUT2D eigenvalue weighted by atomic mass is 16.5. The summed E-state index contributed by atoms with van der Waals surface area (Å²) in [6, 6.07) is 0.723. The van der Waals surface area contributed by atoms with Gasteiger partial charge in [0, 0.05) is 39.3 Å². The lowest BCUT2D eigenvalue weighted by Gasteiger charge is -2.44. The molecule has 0 bridgehead atoms. The van der Waals surface area contributed by atoms with Gasteiger partial charge in [-0.1, -0.05) is 0 Å². The van der Waals surface area contributed by atoms with Crippen molar-refractivity contribution in [1.29, 1.82) is 0 Å². The lowest BCUT2D eigenvalue weighted by molar-refractivity contribution is -0.114. The Labute approximate surface area is 85.5 Å². The Balaban J connectivity index is 1.85. The first-order valence-electron chi connectivity index (χ1n) is 5.38. The monoisotopic (exact) mass is 200 g/mol. The summed E-state index contributed by atoms with van der Waals surface area (Å²) >= 11 is 0. The third kappa shape index (κ3) is 2.25. The first-order chi connectivity index (χ1) is 6.79. The smallest absolute Gasteiger partial charge is 0.0939 e. The normalized spacial score (nSPS) is 35.6. The van der Waals surface area contributed by atoms with Crippen LogP contribution in [0.25, 0.3) is 0 Å². The van der Waals surface area contributed by atoms with E-state index in [2.05, 4.69) is 17.1 Å². The molecule has 0 saturated carbocycles. The molecule has 0 aromatic carbocycles. The van der Waals surface area contributed by atoms with Crippen LogP contribution in [0.3, 0.4) is 0 Å². The van der Waals surface area contributed by atoms with Crippen LogP contribution in [0.2, 0.25) is 0 Å². The standard InChI is InChI=1S/C10H20N2O2/c1-8-5-12(9-3-11-4-9)6-10(14-8)7-13-2/h8-11H,3-7H2,1-2H3. The number of ether oxygens (including phenoxy) is 2. The maximum atomic E-state index is 5.79. The first-order valence-corrected chi connectivity index (χ1v) is 5.38. The Morgan fingerprint density at radius 3 is 2.79 bits per heavy atom. The number of hydrogen-bond acceptors (Lipinski definition) is 4. The van der Waals surface area contributed by atoms with Crippen molar-refractivity contribution in [3.8, 4) is 0 Å². The Morgan fingerprint density at radius 2 is 2.21 bits per heavy atom. The van der Waals surface area contributed by atoms with Crippen LogP contribution in [0.5, 0.6) is 0 Å². The fourth-order valence-electron chi connectivity index (χ4n) is 2.19. The molecule has 0 radical (unpaired) electrons. The van der Waals surface area contributed by atoms with Gasteiger partial charge < -0.3 is 14.8 Å². The molecule has 2 heterocycles. The minimum atomic E-state index is 0.254. The summed E-state index contributed by atoms with van der Waals surface area (Å²) in [5.74, 6) is 0. The van der Waals surface area contributed by atoms with Gasteiger partial charge in [-0.15, -0.1) is 0 Å². The van der Waals surface area contributed by atoms with Crippen molar-refractivity contribution in [2.75, 3.05) is 39.9 Å². The van der Waals surface area contributed by atoms with Crippen LogP contribution in [-0.4, -0.2) is 63.0 Å². The average molecular weight is 200 g/mol. The van der Waals surface area contributed by atoms with Crippen LogP contribution >= 0.6 is 0 Å². The van der Waals surface area contributed by atoms with Gasteiger partial charge in [0.05, 0.1) is 18.8 Å². The maximum Gasteiger partial charge on any atom is 0.0939 e. The van der Waals surface area contributed by atoms with E-state index in [0.717, 1.165) is 32.2 Å². The van der Waals surface area contributed by atoms with Crippen LogP contribution in [-0.2, 0) is 9.47 Å². The summed E-state index contributed by atoms with van der Waals surface area (Å²) in [6.45, 7) is 7.19. The van der Waals surface area contributed by atoms with E-state index in [9.17, 15) is 0 Å². The van der Waals surface area contributed by atoms with E-state index in [1.54, 1.807) is 7.11 Å². The second-order valence-corrected chi connectivity index (χ2v) is 4.29. The molecule has 1 N–H and O–H groups in total. The minimum absolute atomic E-state index is 0.254. The second-order valence-electron chi connectivity index (χ2n) is 4.29. The molecular formula is C10H20N2O2. The molecule has 2 unspecified atom stereocenters. The molecule has 0 aliphatic carbocycles. The number of rotatable bonds is 3. The number of hydrogen-bond donors (Lipinski definition) is 1. The van der Waals surface area contributed by atoms with Gasteiger partial charge in [0.1, 0.15) is 0 Å². The first kappa shape index (κ1) is 10.4. The highest BCUT2D eigenvalue weighted by molar-refractivity contribution is 4.88. The zero-order chi connectivity index (χ0) is 9.97. The third-order valence-electron chi connectivity index (χ3n) is 2.98. The van der Waals surface area contributed by atoms with Crippen LogP contribution in [0.4, 0.5) is 0 Å². The molecule has 0 amide bonds. The molecule has 0 aromatic rings. The summed E-state index contributed by atoms with van der Waals surface area (Å²) in [5, 5.41) is 3.31. The lowest BCUT2D eigenvalue weighted by Crippen LogP contribution is -2.62. The minimum Gasteiger partial charge on any atom is -0.382 e. The number of methoxy groups -OCH3 is 1. The zero-order valence-electron chi connectivity index (χ0n) is 9.03. The number of nitrogens with zero attached hydrogens (tertiary/aromatic N) is 1. The molecule has 4 nitrogen and oxygen atoms in total. The Bertz CT molecular complexity index is 185.